The molecular weight excluding hydrogens is 242 g/mol. The maximum atomic E-state index is 11.0. The molecule has 4 heteroatoms. The number of hydrogen-bond donors (Lipinski definition) is 1. The molecule has 0 bridgehead atoms. The summed E-state index contributed by atoms with van der Waals surface area (Å²) >= 11 is 0. The van der Waals surface area contributed by atoms with E-state index >= 15 is 0 Å². The first-order chi connectivity index (χ1) is 9.02. The standard InChI is InChI=1S/C15H17NO3/c1-9(2)12-7-10(8-14(17)18)11-5-4-6-13(19-3)15(11)16-12/h4-7,9H,8H2,1-3H3,(H,17,18). The summed E-state index contributed by atoms with van der Waals surface area (Å²) in [6.45, 7) is 4.07. The van der Waals surface area contributed by atoms with Crippen LogP contribution in [0.2, 0.25) is 0 Å². The van der Waals surface area contributed by atoms with E-state index in [-0.39, 0.29) is 12.3 Å². The number of carboxylic acid groups (broad SMARTS) is 1. The van der Waals surface area contributed by atoms with Crippen LogP contribution in [-0.4, -0.2) is 23.2 Å². The second kappa shape index (κ2) is 5.26. The molecule has 1 heterocycles. The molecule has 4 nitrogen and oxygen atoms in total. The fourth-order valence-corrected chi connectivity index (χ4v) is 2.08. The molecule has 1 N–H and O–H groups in total. The molecule has 0 spiro atoms. The zero-order valence-electron chi connectivity index (χ0n) is 11.3. The van der Waals surface area contributed by atoms with Crippen LogP contribution >= 0.6 is 0 Å². The van der Waals surface area contributed by atoms with E-state index in [1.54, 1.807) is 7.11 Å². The van der Waals surface area contributed by atoms with Crippen LogP contribution in [0.1, 0.15) is 31.0 Å². The molecule has 0 unspecified atom stereocenters. The van der Waals surface area contributed by atoms with Crippen molar-refractivity contribution in [1.82, 2.24) is 4.98 Å². The van der Waals surface area contributed by atoms with E-state index in [9.17, 15) is 4.79 Å². The second-order valence-corrected chi connectivity index (χ2v) is 4.79. The zero-order chi connectivity index (χ0) is 14.0. The van der Waals surface area contributed by atoms with E-state index < -0.39 is 5.97 Å². The lowest BCUT2D eigenvalue weighted by atomic mass is 10.0. The van der Waals surface area contributed by atoms with Crippen LogP contribution in [-0.2, 0) is 11.2 Å². The highest BCUT2D eigenvalue weighted by Gasteiger charge is 2.13. The maximum absolute atomic E-state index is 11.0. The number of nitrogens with zero attached hydrogens (tertiary/aromatic N) is 1. The van der Waals surface area contributed by atoms with Gasteiger partial charge in [0.25, 0.3) is 0 Å². The Morgan fingerprint density at radius 2 is 2.16 bits per heavy atom. The van der Waals surface area contributed by atoms with Gasteiger partial charge in [-0.2, -0.15) is 0 Å². The summed E-state index contributed by atoms with van der Waals surface area (Å²) in [7, 11) is 1.59. The van der Waals surface area contributed by atoms with Crippen molar-refractivity contribution in [2.75, 3.05) is 7.11 Å². The molecule has 100 valence electrons. The summed E-state index contributed by atoms with van der Waals surface area (Å²) in [6, 6.07) is 7.45. The van der Waals surface area contributed by atoms with Crippen LogP contribution in [0.3, 0.4) is 0 Å². The zero-order valence-corrected chi connectivity index (χ0v) is 11.3. The first-order valence-corrected chi connectivity index (χ1v) is 6.21. The van der Waals surface area contributed by atoms with Gasteiger partial charge in [-0.15, -0.1) is 0 Å². The van der Waals surface area contributed by atoms with Crippen LogP contribution in [0, 0.1) is 0 Å². The fraction of sp³-hybridized carbons (Fsp3) is 0.333. The van der Waals surface area contributed by atoms with Crippen molar-refractivity contribution in [3.63, 3.8) is 0 Å². The predicted octanol–water partition coefficient (Wildman–Crippen LogP) is 2.99. The molecule has 0 radical (unpaired) electrons. The highest BCUT2D eigenvalue weighted by atomic mass is 16.5. The second-order valence-electron chi connectivity index (χ2n) is 4.79. The monoisotopic (exact) mass is 259 g/mol. The van der Waals surface area contributed by atoms with Gasteiger partial charge in [0.05, 0.1) is 13.5 Å². The molecule has 1 aromatic heterocycles. The first kappa shape index (κ1) is 13.3. The van der Waals surface area contributed by atoms with Crippen molar-refractivity contribution in [2.45, 2.75) is 26.2 Å². The third-order valence-corrected chi connectivity index (χ3v) is 3.06. The average molecular weight is 259 g/mol. The third-order valence-electron chi connectivity index (χ3n) is 3.06. The van der Waals surface area contributed by atoms with Crippen molar-refractivity contribution >= 4 is 16.9 Å². The van der Waals surface area contributed by atoms with Crippen LogP contribution < -0.4 is 4.74 Å². The molecular formula is C15H17NO3. The number of carbonyl (C=O) groups is 1. The highest BCUT2D eigenvalue weighted by Crippen LogP contribution is 2.29. The number of benzene rings is 1. The number of hydrogen-bond acceptors (Lipinski definition) is 3. The Kier molecular flexibility index (Phi) is 3.69. The SMILES string of the molecule is COc1cccc2c(CC(=O)O)cc(C(C)C)nc12. The van der Waals surface area contributed by atoms with E-state index in [0.717, 1.165) is 22.2 Å². The summed E-state index contributed by atoms with van der Waals surface area (Å²) in [5.41, 5.74) is 2.39. The lowest BCUT2D eigenvalue weighted by molar-refractivity contribution is -0.136. The van der Waals surface area contributed by atoms with Gasteiger partial charge in [-0.1, -0.05) is 26.0 Å². The molecule has 0 atom stereocenters. The van der Waals surface area contributed by atoms with Gasteiger partial charge < -0.3 is 9.84 Å². The number of rotatable bonds is 4. The normalized spacial score (nSPS) is 10.9. The lowest BCUT2D eigenvalue weighted by Crippen LogP contribution is -2.04. The van der Waals surface area contributed by atoms with E-state index in [0.29, 0.717) is 5.75 Å². The summed E-state index contributed by atoms with van der Waals surface area (Å²) in [5.74, 6) is 0.0681. The Morgan fingerprint density at radius 3 is 2.74 bits per heavy atom. The Balaban J connectivity index is 2.73. The topological polar surface area (TPSA) is 59.4 Å². The molecule has 0 aliphatic carbocycles. The predicted molar refractivity (Wildman–Crippen MR) is 73.7 cm³/mol. The Morgan fingerprint density at radius 1 is 1.42 bits per heavy atom. The molecule has 0 fully saturated rings. The van der Waals surface area contributed by atoms with Gasteiger partial charge in [-0.25, -0.2) is 4.98 Å². The highest BCUT2D eigenvalue weighted by molar-refractivity contribution is 5.90. The van der Waals surface area contributed by atoms with Gasteiger partial charge >= 0.3 is 5.97 Å². The molecule has 0 amide bonds. The third kappa shape index (κ3) is 2.67. The van der Waals surface area contributed by atoms with Crippen LogP contribution in [0.5, 0.6) is 5.75 Å². The minimum Gasteiger partial charge on any atom is -0.494 e. The average Bonchev–Trinajstić information content (AvgIpc) is 2.37. The maximum Gasteiger partial charge on any atom is 0.307 e. The van der Waals surface area contributed by atoms with Crippen LogP contribution in [0.4, 0.5) is 0 Å². The fourth-order valence-electron chi connectivity index (χ4n) is 2.08. The minimum absolute atomic E-state index is 0.00803. The van der Waals surface area contributed by atoms with Crippen molar-refractivity contribution in [1.29, 1.82) is 0 Å². The van der Waals surface area contributed by atoms with E-state index in [1.807, 2.05) is 38.1 Å². The lowest BCUT2D eigenvalue weighted by Gasteiger charge is -2.12. The number of pyridine rings is 1. The van der Waals surface area contributed by atoms with E-state index in [2.05, 4.69) is 4.98 Å². The smallest absolute Gasteiger partial charge is 0.307 e. The Hall–Kier alpha value is -2.10. The molecule has 0 aliphatic heterocycles. The summed E-state index contributed by atoms with van der Waals surface area (Å²) < 4.78 is 5.31. The quantitative estimate of drug-likeness (QED) is 0.917. The molecule has 0 aliphatic rings. The first-order valence-electron chi connectivity index (χ1n) is 6.21. The molecule has 0 saturated carbocycles. The molecule has 19 heavy (non-hydrogen) atoms. The Bertz CT molecular complexity index is 620. The van der Waals surface area contributed by atoms with Crippen LogP contribution in [0.15, 0.2) is 24.3 Å². The van der Waals surface area contributed by atoms with E-state index in [1.165, 1.54) is 0 Å². The van der Waals surface area contributed by atoms with Gasteiger partial charge in [-0.05, 0) is 23.6 Å². The van der Waals surface area contributed by atoms with Crippen LogP contribution in [0.25, 0.3) is 10.9 Å². The number of carboxylic acids is 1. The summed E-state index contributed by atoms with van der Waals surface area (Å²) in [5, 5.41) is 9.87. The molecule has 2 aromatic rings. The molecule has 0 saturated heterocycles. The Labute approximate surface area is 112 Å². The summed E-state index contributed by atoms with van der Waals surface area (Å²) in [6.07, 6.45) is -0.00803. The molecule has 2 rings (SSSR count). The van der Waals surface area contributed by atoms with Crippen molar-refractivity contribution in [2.24, 2.45) is 0 Å². The van der Waals surface area contributed by atoms with Gasteiger partial charge in [0.2, 0.25) is 0 Å². The number of ether oxygens (including phenoxy) is 1. The van der Waals surface area contributed by atoms with Crippen molar-refractivity contribution < 1.29 is 14.6 Å². The number of aromatic nitrogens is 1. The van der Waals surface area contributed by atoms with Gasteiger partial charge in [0.15, 0.2) is 0 Å². The summed E-state index contributed by atoms with van der Waals surface area (Å²) in [4.78, 5) is 15.6. The number of fused-ring (bicyclic) bond motifs is 1. The van der Waals surface area contributed by atoms with Crippen molar-refractivity contribution in [3.8, 4) is 5.75 Å². The number of para-hydroxylation sites is 1. The number of methoxy groups -OCH3 is 1. The van der Waals surface area contributed by atoms with Gasteiger partial charge in [0.1, 0.15) is 11.3 Å². The largest absolute Gasteiger partial charge is 0.494 e. The van der Waals surface area contributed by atoms with Gasteiger partial charge in [0, 0.05) is 11.1 Å². The molecule has 1 aromatic carbocycles. The van der Waals surface area contributed by atoms with E-state index in [4.69, 9.17) is 9.84 Å². The minimum atomic E-state index is -0.843. The van der Waals surface area contributed by atoms with Crippen molar-refractivity contribution in [3.05, 3.63) is 35.5 Å². The number of aliphatic carboxylic acids is 1. The van der Waals surface area contributed by atoms with Gasteiger partial charge in [-0.3, -0.25) is 4.79 Å².